The monoisotopic (exact) mass is 401 g/mol. The molecule has 26 heavy (non-hydrogen) atoms. The molecule has 2 N–H and O–H groups in total. The Labute approximate surface area is 159 Å². The number of halogens is 2. The molecule has 0 unspecified atom stereocenters. The van der Waals surface area contributed by atoms with Crippen molar-refractivity contribution in [3.63, 3.8) is 0 Å². The van der Waals surface area contributed by atoms with Crippen molar-refractivity contribution in [1.29, 1.82) is 0 Å². The number of imide groups is 1. The van der Waals surface area contributed by atoms with Gasteiger partial charge in [-0.2, -0.15) is 0 Å². The van der Waals surface area contributed by atoms with E-state index in [0.717, 1.165) is 4.90 Å². The van der Waals surface area contributed by atoms with Gasteiger partial charge in [0.1, 0.15) is 12.1 Å². The van der Waals surface area contributed by atoms with Crippen molar-refractivity contribution in [3.8, 4) is 0 Å². The standard InChI is InChI=1S/C16H17Cl2N3O5/c1-8(13(23)19-10-6-4-5-9(17)12(10)18)26-11(22)7-21-14(24)16(2,3)20-15(21)25/h4-6,8H,7H2,1-3H3,(H,19,23)(H,20,25)/t8-/m1/s1. The van der Waals surface area contributed by atoms with Crippen molar-refractivity contribution in [1.82, 2.24) is 10.2 Å². The molecule has 8 nitrogen and oxygen atoms in total. The molecule has 4 amide bonds. The molecule has 0 bridgehead atoms. The topological polar surface area (TPSA) is 105 Å². The van der Waals surface area contributed by atoms with Gasteiger partial charge in [0.25, 0.3) is 11.8 Å². The van der Waals surface area contributed by atoms with Crippen molar-refractivity contribution in [2.75, 3.05) is 11.9 Å². The third-order valence-electron chi connectivity index (χ3n) is 3.62. The molecular weight excluding hydrogens is 385 g/mol. The fourth-order valence-corrected chi connectivity index (χ4v) is 2.56. The van der Waals surface area contributed by atoms with E-state index in [0.29, 0.717) is 0 Å². The summed E-state index contributed by atoms with van der Waals surface area (Å²) in [5.74, 6) is -2.09. The van der Waals surface area contributed by atoms with Gasteiger partial charge in [-0.05, 0) is 32.9 Å². The second kappa shape index (κ2) is 7.51. The number of urea groups is 1. The fraction of sp³-hybridized carbons (Fsp3) is 0.375. The van der Waals surface area contributed by atoms with E-state index < -0.39 is 42.0 Å². The first-order valence-electron chi connectivity index (χ1n) is 7.61. The van der Waals surface area contributed by atoms with E-state index in [1.807, 2.05) is 0 Å². The lowest BCUT2D eigenvalue weighted by atomic mass is 10.1. The van der Waals surface area contributed by atoms with E-state index in [2.05, 4.69) is 10.6 Å². The van der Waals surface area contributed by atoms with E-state index in [1.54, 1.807) is 12.1 Å². The number of amides is 4. The van der Waals surface area contributed by atoms with Crippen molar-refractivity contribution in [2.45, 2.75) is 32.4 Å². The molecule has 1 aliphatic heterocycles. The molecule has 1 fully saturated rings. The average Bonchev–Trinajstić information content (AvgIpc) is 2.73. The highest BCUT2D eigenvalue weighted by molar-refractivity contribution is 6.44. The Balaban J connectivity index is 1.94. The summed E-state index contributed by atoms with van der Waals surface area (Å²) in [6, 6.07) is 4.00. The summed E-state index contributed by atoms with van der Waals surface area (Å²) in [6.45, 7) is 3.79. The number of hydrogen-bond donors (Lipinski definition) is 2. The van der Waals surface area contributed by atoms with E-state index in [1.165, 1.54) is 26.8 Å². The van der Waals surface area contributed by atoms with Crippen LogP contribution < -0.4 is 10.6 Å². The molecule has 0 spiro atoms. The third kappa shape index (κ3) is 4.25. The zero-order valence-electron chi connectivity index (χ0n) is 14.3. The zero-order valence-corrected chi connectivity index (χ0v) is 15.8. The van der Waals surface area contributed by atoms with Crippen molar-refractivity contribution < 1.29 is 23.9 Å². The highest BCUT2D eigenvalue weighted by Crippen LogP contribution is 2.29. The lowest BCUT2D eigenvalue weighted by Crippen LogP contribution is -2.42. The van der Waals surface area contributed by atoms with E-state index in [4.69, 9.17) is 27.9 Å². The van der Waals surface area contributed by atoms with Gasteiger partial charge in [0, 0.05) is 0 Å². The summed E-state index contributed by atoms with van der Waals surface area (Å²) in [5.41, 5.74) is -0.827. The molecular formula is C16H17Cl2N3O5. The molecule has 0 aliphatic carbocycles. The van der Waals surface area contributed by atoms with Gasteiger partial charge < -0.3 is 15.4 Å². The molecule has 140 valence electrons. The van der Waals surface area contributed by atoms with Gasteiger partial charge >= 0.3 is 12.0 Å². The minimum atomic E-state index is -1.17. The van der Waals surface area contributed by atoms with Crippen LogP contribution >= 0.6 is 23.2 Å². The van der Waals surface area contributed by atoms with Gasteiger partial charge in [-0.1, -0.05) is 29.3 Å². The fourth-order valence-electron chi connectivity index (χ4n) is 2.21. The molecule has 1 aromatic rings. The molecule has 2 rings (SSSR count). The normalized spacial score (nSPS) is 16.9. The van der Waals surface area contributed by atoms with Crippen LogP contribution in [0.25, 0.3) is 0 Å². The van der Waals surface area contributed by atoms with Crippen LogP contribution in [-0.2, 0) is 19.1 Å². The minimum Gasteiger partial charge on any atom is -0.451 e. The Kier molecular flexibility index (Phi) is 5.77. The van der Waals surface area contributed by atoms with Crippen LogP contribution in [0.1, 0.15) is 20.8 Å². The zero-order chi connectivity index (χ0) is 19.6. The number of hydrogen-bond acceptors (Lipinski definition) is 5. The first kappa shape index (κ1) is 20.0. The number of ether oxygens (including phenoxy) is 1. The van der Waals surface area contributed by atoms with Gasteiger partial charge in [0.15, 0.2) is 6.10 Å². The number of nitrogens with zero attached hydrogens (tertiary/aromatic N) is 1. The Hall–Kier alpha value is -2.32. The number of rotatable bonds is 5. The van der Waals surface area contributed by atoms with Crippen LogP contribution in [-0.4, -0.2) is 46.9 Å². The van der Waals surface area contributed by atoms with E-state index in [9.17, 15) is 19.2 Å². The van der Waals surface area contributed by atoms with E-state index >= 15 is 0 Å². The average molecular weight is 402 g/mol. The van der Waals surface area contributed by atoms with Crippen LogP contribution in [0, 0.1) is 0 Å². The largest absolute Gasteiger partial charge is 0.451 e. The number of nitrogens with one attached hydrogen (secondary N) is 2. The highest BCUT2D eigenvalue weighted by atomic mass is 35.5. The Bertz CT molecular complexity index is 781. The number of anilines is 1. The number of benzene rings is 1. The lowest BCUT2D eigenvalue weighted by molar-refractivity contribution is -0.155. The number of carbonyl (C=O) groups is 4. The van der Waals surface area contributed by atoms with Crippen molar-refractivity contribution in [3.05, 3.63) is 28.2 Å². The molecule has 1 aliphatic rings. The maximum atomic E-state index is 12.1. The minimum absolute atomic E-state index is 0.155. The van der Waals surface area contributed by atoms with Crippen LogP contribution in [0.5, 0.6) is 0 Å². The summed E-state index contributed by atoms with van der Waals surface area (Å²) < 4.78 is 4.98. The smallest absolute Gasteiger partial charge is 0.327 e. The molecule has 1 atom stereocenters. The second-order valence-corrected chi connectivity index (χ2v) is 6.95. The molecule has 0 radical (unpaired) electrons. The lowest BCUT2D eigenvalue weighted by Gasteiger charge is -2.17. The van der Waals surface area contributed by atoms with Crippen molar-refractivity contribution in [2.24, 2.45) is 0 Å². The summed E-state index contributed by atoms with van der Waals surface area (Å²) in [5, 5.41) is 5.34. The quantitative estimate of drug-likeness (QED) is 0.581. The molecule has 1 heterocycles. The second-order valence-electron chi connectivity index (χ2n) is 6.17. The van der Waals surface area contributed by atoms with Gasteiger partial charge in [-0.15, -0.1) is 0 Å². The van der Waals surface area contributed by atoms with Crippen LogP contribution in [0.3, 0.4) is 0 Å². The summed E-state index contributed by atoms with van der Waals surface area (Å²) in [4.78, 5) is 48.6. The van der Waals surface area contributed by atoms with E-state index in [-0.39, 0.29) is 15.7 Å². The van der Waals surface area contributed by atoms with Crippen LogP contribution in [0.15, 0.2) is 18.2 Å². The van der Waals surface area contributed by atoms with Gasteiger partial charge in [0.2, 0.25) is 0 Å². The maximum Gasteiger partial charge on any atom is 0.327 e. The predicted octanol–water partition coefficient (Wildman–Crippen LogP) is 2.19. The predicted molar refractivity (Wildman–Crippen MR) is 95.0 cm³/mol. The summed E-state index contributed by atoms with van der Waals surface area (Å²) in [7, 11) is 0. The van der Waals surface area contributed by atoms with Crippen LogP contribution in [0.4, 0.5) is 10.5 Å². The SMILES string of the molecule is C[C@@H](OC(=O)CN1C(=O)NC(C)(C)C1=O)C(=O)Nc1cccc(Cl)c1Cl. The maximum absolute atomic E-state index is 12.1. The summed E-state index contributed by atoms with van der Waals surface area (Å²) >= 11 is 11.8. The first-order valence-corrected chi connectivity index (χ1v) is 8.37. The number of carbonyl (C=O) groups excluding carboxylic acids is 4. The number of esters is 1. The molecule has 0 aromatic heterocycles. The molecule has 1 saturated heterocycles. The highest BCUT2D eigenvalue weighted by Gasteiger charge is 2.45. The molecule has 1 aromatic carbocycles. The third-order valence-corrected chi connectivity index (χ3v) is 4.44. The van der Waals surface area contributed by atoms with Gasteiger partial charge in [-0.3, -0.25) is 19.3 Å². The Morgan fingerprint density at radius 1 is 1.31 bits per heavy atom. The molecule has 10 heteroatoms. The van der Waals surface area contributed by atoms with Gasteiger partial charge in [0.05, 0.1) is 15.7 Å². The van der Waals surface area contributed by atoms with Crippen LogP contribution in [0.2, 0.25) is 10.0 Å². The van der Waals surface area contributed by atoms with Crippen molar-refractivity contribution >= 4 is 52.7 Å². The first-order chi connectivity index (χ1) is 12.0. The Morgan fingerprint density at radius 3 is 2.54 bits per heavy atom. The Morgan fingerprint density at radius 2 is 1.96 bits per heavy atom. The summed E-state index contributed by atoms with van der Waals surface area (Å²) in [6.07, 6.45) is -1.17. The van der Waals surface area contributed by atoms with Gasteiger partial charge in [-0.25, -0.2) is 4.79 Å². The molecule has 0 saturated carbocycles.